The lowest BCUT2D eigenvalue weighted by Gasteiger charge is -2.21. The zero-order valence-electron chi connectivity index (χ0n) is 15.3. The van der Waals surface area contributed by atoms with E-state index >= 15 is 0 Å². The van der Waals surface area contributed by atoms with Crippen LogP contribution >= 0.6 is 0 Å². The molecule has 0 bridgehead atoms. The van der Waals surface area contributed by atoms with E-state index in [1.165, 1.54) is 68.9 Å². The Morgan fingerprint density at radius 1 is 0.826 bits per heavy atom. The molecule has 0 aliphatic heterocycles. The first kappa shape index (κ1) is 20.2. The minimum atomic E-state index is -0.462. The molecule has 0 heterocycles. The summed E-state index contributed by atoms with van der Waals surface area (Å²) in [5.41, 5.74) is 8.27. The second kappa shape index (κ2) is 11.6. The van der Waals surface area contributed by atoms with Gasteiger partial charge in [0.2, 0.25) is 0 Å². The van der Waals surface area contributed by atoms with E-state index in [1.807, 2.05) is 6.92 Å². The smallest absolute Gasteiger partial charge is 0.0608 e. The molecule has 1 unspecified atom stereocenters. The number of rotatable bonds is 13. The van der Waals surface area contributed by atoms with Crippen LogP contribution in [-0.2, 0) is 12.8 Å². The minimum Gasteiger partial charge on any atom is -0.394 e. The van der Waals surface area contributed by atoms with Gasteiger partial charge in [0.1, 0.15) is 0 Å². The monoisotopic (exact) mass is 319 g/mol. The molecule has 3 N–H and O–H groups in total. The predicted molar refractivity (Wildman–Crippen MR) is 101 cm³/mol. The maximum atomic E-state index is 9.19. The molecule has 132 valence electrons. The van der Waals surface area contributed by atoms with E-state index < -0.39 is 5.54 Å². The van der Waals surface area contributed by atoms with Crippen LogP contribution in [0.3, 0.4) is 0 Å². The van der Waals surface area contributed by atoms with Gasteiger partial charge in [0.15, 0.2) is 0 Å². The molecule has 0 saturated carbocycles. The lowest BCUT2D eigenvalue weighted by Crippen LogP contribution is -2.40. The molecule has 1 aromatic rings. The van der Waals surface area contributed by atoms with Crippen molar-refractivity contribution in [3.05, 3.63) is 35.4 Å². The topological polar surface area (TPSA) is 46.2 Å². The average Bonchev–Trinajstić information content (AvgIpc) is 2.56. The fraction of sp³-hybridized carbons (Fsp3) is 0.714. The first-order valence-electron chi connectivity index (χ1n) is 9.55. The molecule has 0 fully saturated rings. The van der Waals surface area contributed by atoms with E-state index in [2.05, 4.69) is 31.2 Å². The van der Waals surface area contributed by atoms with Crippen LogP contribution in [0.4, 0.5) is 0 Å². The van der Waals surface area contributed by atoms with Crippen LogP contribution < -0.4 is 5.73 Å². The van der Waals surface area contributed by atoms with Crippen molar-refractivity contribution < 1.29 is 5.11 Å². The number of aliphatic hydroxyl groups excluding tert-OH is 1. The van der Waals surface area contributed by atoms with Crippen LogP contribution in [0, 0.1) is 0 Å². The largest absolute Gasteiger partial charge is 0.394 e. The number of aryl methyl sites for hydroxylation is 2. The second-order valence-electron chi connectivity index (χ2n) is 7.35. The van der Waals surface area contributed by atoms with Crippen molar-refractivity contribution in [1.82, 2.24) is 0 Å². The third kappa shape index (κ3) is 9.78. The first-order valence-corrected chi connectivity index (χ1v) is 9.55. The highest BCUT2D eigenvalue weighted by Gasteiger charge is 2.16. The first-order chi connectivity index (χ1) is 11.1. The van der Waals surface area contributed by atoms with E-state index in [-0.39, 0.29) is 6.61 Å². The van der Waals surface area contributed by atoms with Crippen molar-refractivity contribution in [3.8, 4) is 0 Å². The van der Waals surface area contributed by atoms with Crippen LogP contribution in [0.25, 0.3) is 0 Å². The van der Waals surface area contributed by atoms with Gasteiger partial charge in [0.05, 0.1) is 6.61 Å². The Labute approximate surface area is 143 Å². The third-order valence-corrected chi connectivity index (χ3v) is 4.69. The standard InChI is InChI=1S/C21H37NO/c1-3-4-5-6-7-8-9-10-11-19-12-14-20(15-13-19)16-17-21(2,22)18-23/h12-15,23H,3-11,16-18,22H2,1-2H3. The van der Waals surface area contributed by atoms with Gasteiger partial charge in [-0.15, -0.1) is 0 Å². The molecule has 0 aromatic heterocycles. The molecule has 2 heteroatoms. The van der Waals surface area contributed by atoms with E-state index in [9.17, 15) is 5.11 Å². The van der Waals surface area contributed by atoms with Gasteiger partial charge in [0.25, 0.3) is 0 Å². The van der Waals surface area contributed by atoms with Crippen LogP contribution in [0.2, 0.25) is 0 Å². The molecule has 0 saturated heterocycles. The zero-order chi connectivity index (χ0) is 17.0. The van der Waals surface area contributed by atoms with Gasteiger partial charge in [-0.25, -0.2) is 0 Å². The van der Waals surface area contributed by atoms with Crippen LogP contribution in [-0.4, -0.2) is 17.3 Å². The molecule has 0 spiro atoms. The molecule has 1 atom stereocenters. The van der Waals surface area contributed by atoms with Crippen molar-refractivity contribution in [2.24, 2.45) is 5.73 Å². The fourth-order valence-electron chi connectivity index (χ4n) is 2.84. The van der Waals surface area contributed by atoms with Gasteiger partial charge in [-0.3, -0.25) is 0 Å². The summed E-state index contributed by atoms with van der Waals surface area (Å²) in [4.78, 5) is 0. The van der Waals surface area contributed by atoms with Gasteiger partial charge in [-0.2, -0.15) is 0 Å². The second-order valence-corrected chi connectivity index (χ2v) is 7.35. The van der Waals surface area contributed by atoms with Crippen LogP contribution in [0.15, 0.2) is 24.3 Å². The summed E-state index contributed by atoms with van der Waals surface area (Å²) >= 11 is 0. The van der Waals surface area contributed by atoms with Crippen molar-refractivity contribution in [3.63, 3.8) is 0 Å². The Balaban J connectivity index is 2.14. The molecular formula is C21H37NO. The molecule has 0 aliphatic rings. The molecule has 23 heavy (non-hydrogen) atoms. The highest BCUT2D eigenvalue weighted by atomic mass is 16.3. The van der Waals surface area contributed by atoms with Crippen molar-refractivity contribution in [1.29, 1.82) is 0 Å². The summed E-state index contributed by atoms with van der Waals surface area (Å²) in [6.07, 6.45) is 14.0. The van der Waals surface area contributed by atoms with Gasteiger partial charge in [-0.1, -0.05) is 76.1 Å². The summed E-state index contributed by atoms with van der Waals surface area (Å²) in [6, 6.07) is 8.94. The Kier molecular flexibility index (Phi) is 10.2. The maximum absolute atomic E-state index is 9.19. The SMILES string of the molecule is CCCCCCCCCCc1ccc(CCC(C)(N)CO)cc1. The van der Waals surface area contributed by atoms with Crippen molar-refractivity contribution >= 4 is 0 Å². The van der Waals surface area contributed by atoms with Gasteiger partial charge >= 0.3 is 0 Å². The van der Waals surface area contributed by atoms with Gasteiger partial charge in [-0.05, 0) is 43.7 Å². The molecule has 0 radical (unpaired) electrons. The number of hydrogen-bond acceptors (Lipinski definition) is 2. The molecule has 1 rings (SSSR count). The summed E-state index contributed by atoms with van der Waals surface area (Å²) < 4.78 is 0. The minimum absolute atomic E-state index is 0.0452. The molecule has 0 amide bonds. The van der Waals surface area contributed by atoms with Crippen LogP contribution in [0.5, 0.6) is 0 Å². The number of nitrogens with two attached hydrogens (primary N) is 1. The van der Waals surface area contributed by atoms with E-state index in [4.69, 9.17) is 5.73 Å². The highest BCUT2D eigenvalue weighted by Crippen LogP contribution is 2.15. The van der Waals surface area contributed by atoms with Gasteiger partial charge < -0.3 is 10.8 Å². The molecule has 2 nitrogen and oxygen atoms in total. The highest BCUT2D eigenvalue weighted by molar-refractivity contribution is 5.23. The quantitative estimate of drug-likeness (QED) is 0.502. The molecular weight excluding hydrogens is 282 g/mol. The zero-order valence-corrected chi connectivity index (χ0v) is 15.3. The van der Waals surface area contributed by atoms with Crippen LogP contribution in [0.1, 0.15) is 82.8 Å². The van der Waals surface area contributed by atoms with E-state index in [0.29, 0.717) is 0 Å². The third-order valence-electron chi connectivity index (χ3n) is 4.69. The Bertz CT molecular complexity index is 397. The summed E-state index contributed by atoms with van der Waals surface area (Å²) in [6.45, 7) is 4.22. The number of benzene rings is 1. The number of aliphatic hydroxyl groups is 1. The Morgan fingerprint density at radius 3 is 1.83 bits per heavy atom. The normalized spacial score (nSPS) is 13.9. The predicted octanol–water partition coefficient (Wildman–Crippen LogP) is 5.01. The van der Waals surface area contributed by atoms with Gasteiger partial charge in [0, 0.05) is 5.54 Å². The van der Waals surface area contributed by atoms with Crippen molar-refractivity contribution in [2.75, 3.05) is 6.61 Å². The maximum Gasteiger partial charge on any atom is 0.0608 e. The Hall–Kier alpha value is -0.860. The lowest BCUT2D eigenvalue weighted by atomic mass is 9.94. The summed E-state index contributed by atoms with van der Waals surface area (Å²) in [5.74, 6) is 0. The lowest BCUT2D eigenvalue weighted by molar-refractivity contribution is 0.200. The van der Waals surface area contributed by atoms with E-state index in [1.54, 1.807) is 0 Å². The average molecular weight is 320 g/mol. The number of hydrogen-bond donors (Lipinski definition) is 2. The van der Waals surface area contributed by atoms with E-state index in [0.717, 1.165) is 12.8 Å². The number of unbranched alkanes of at least 4 members (excludes halogenated alkanes) is 7. The summed E-state index contributed by atoms with van der Waals surface area (Å²) in [5, 5.41) is 9.19. The molecule has 0 aliphatic carbocycles. The fourth-order valence-corrected chi connectivity index (χ4v) is 2.84. The summed E-state index contributed by atoms with van der Waals surface area (Å²) in [7, 11) is 0. The molecule has 1 aromatic carbocycles. The Morgan fingerprint density at radius 2 is 1.30 bits per heavy atom. The van der Waals surface area contributed by atoms with Crippen molar-refractivity contribution in [2.45, 2.75) is 90.0 Å².